The summed E-state index contributed by atoms with van der Waals surface area (Å²) < 4.78 is 13.0. The number of ether oxygens (including phenoxy) is 2. The maximum absolute atomic E-state index is 13.4. The monoisotopic (exact) mass is 416 g/mol. The first-order valence-corrected chi connectivity index (χ1v) is 10.6. The Morgan fingerprint density at radius 1 is 1.29 bits per heavy atom. The Morgan fingerprint density at radius 3 is 2.93 bits per heavy atom. The van der Waals surface area contributed by atoms with Crippen molar-refractivity contribution in [2.75, 3.05) is 19.5 Å². The van der Waals surface area contributed by atoms with Crippen LogP contribution >= 0.6 is 23.4 Å². The van der Waals surface area contributed by atoms with Crippen LogP contribution in [0.15, 0.2) is 52.4 Å². The van der Waals surface area contributed by atoms with Crippen LogP contribution in [0.25, 0.3) is 16.6 Å². The van der Waals surface area contributed by atoms with Gasteiger partial charge in [0, 0.05) is 17.4 Å². The topological polar surface area (TPSA) is 53.4 Å². The Labute approximate surface area is 172 Å². The van der Waals surface area contributed by atoms with Crippen molar-refractivity contribution in [3.05, 3.63) is 57.8 Å². The van der Waals surface area contributed by atoms with Crippen LogP contribution in [0, 0.1) is 0 Å². The summed E-state index contributed by atoms with van der Waals surface area (Å²) in [5.74, 6) is 1.36. The van der Waals surface area contributed by atoms with Gasteiger partial charge in [0.1, 0.15) is 5.75 Å². The molecule has 3 aromatic rings. The Hall–Kier alpha value is -2.02. The normalized spacial score (nSPS) is 17.0. The van der Waals surface area contributed by atoms with Gasteiger partial charge < -0.3 is 9.47 Å². The number of hydrogen-bond donors (Lipinski definition) is 0. The van der Waals surface area contributed by atoms with E-state index in [4.69, 9.17) is 26.1 Å². The molecule has 4 rings (SSSR count). The Balaban J connectivity index is 1.83. The first kappa shape index (κ1) is 19.3. The van der Waals surface area contributed by atoms with E-state index >= 15 is 0 Å². The molecule has 2 aromatic carbocycles. The van der Waals surface area contributed by atoms with Gasteiger partial charge in [-0.15, -0.1) is 0 Å². The zero-order valence-electron chi connectivity index (χ0n) is 15.6. The lowest BCUT2D eigenvalue weighted by molar-refractivity contribution is 0.0315. The SMILES string of the molecule is COc1ccccc1-n1c(SC[C@@H]2CCCCO2)nc2cc(Cl)ccc2c1=O. The molecule has 1 saturated heterocycles. The molecule has 1 atom stereocenters. The van der Waals surface area contributed by atoms with Crippen LogP contribution in [0.4, 0.5) is 0 Å². The quantitative estimate of drug-likeness (QED) is 0.445. The van der Waals surface area contributed by atoms with Crippen LogP contribution in [-0.2, 0) is 4.74 Å². The minimum absolute atomic E-state index is 0.141. The molecule has 146 valence electrons. The van der Waals surface area contributed by atoms with E-state index in [0.717, 1.165) is 25.2 Å². The van der Waals surface area contributed by atoms with Gasteiger partial charge in [-0.2, -0.15) is 0 Å². The highest BCUT2D eigenvalue weighted by Gasteiger charge is 2.19. The summed E-state index contributed by atoms with van der Waals surface area (Å²) in [6.07, 6.45) is 3.49. The van der Waals surface area contributed by atoms with E-state index in [-0.39, 0.29) is 11.7 Å². The van der Waals surface area contributed by atoms with Gasteiger partial charge in [-0.3, -0.25) is 9.36 Å². The van der Waals surface area contributed by atoms with Gasteiger partial charge in [0.15, 0.2) is 5.16 Å². The van der Waals surface area contributed by atoms with Gasteiger partial charge in [0.2, 0.25) is 0 Å². The predicted molar refractivity (Wildman–Crippen MR) is 113 cm³/mol. The molecule has 0 bridgehead atoms. The fraction of sp³-hybridized carbons (Fsp3) is 0.333. The van der Waals surface area contributed by atoms with E-state index in [2.05, 4.69) is 0 Å². The molecule has 0 N–H and O–H groups in total. The summed E-state index contributed by atoms with van der Waals surface area (Å²) in [5, 5.41) is 1.69. The maximum Gasteiger partial charge on any atom is 0.266 e. The number of aromatic nitrogens is 2. The van der Waals surface area contributed by atoms with E-state index in [9.17, 15) is 4.79 Å². The summed E-state index contributed by atoms with van der Waals surface area (Å²) in [4.78, 5) is 18.1. The van der Waals surface area contributed by atoms with Gasteiger partial charge in [0.05, 0.1) is 29.8 Å². The lowest BCUT2D eigenvalue weighted by atomic mass is 10.1. The largest absolute Gasteiger partial charge is 0.495 e. The van der Waals surface area contributed by atoms with Crippen LogP contribution in [-0.4, -0.2) is 35.1 Å². The molecular formula is C21H21ClN2O3S. The van der Waals surface area contributed by atoms with E-state index in [1.54, 1.807) is 29.9 Å². The van der Waals surface area contributed by atoms with Gasteiger partial charge >= 0.3 is 0 Å². The van der Waals surface area contributed by atoms with Crippen molar-refractivity contribution in [3.8, 4) is 11.4 Å². The number of hydrogen-bond acceptors (Lipinski definition) is 5. The zero-order valence-corrected chi connectivity index (χ0v) is 17.1. The Bertz CT molecular complexity index is 1050. The molecule has 0 amide bonds. The second-order valence-electron chi connectivity index (χ2n) is 6.67. The van der Waals surface area contributed by atoms with E-state index in [1.165, 1.54) is 18.2 Å². The van der Waals surface area contributed by atoms with Crippen molar-refractivity contribution in [2.24, 2.45) is 0 Å². The number of rotatable bonds is 5. The molecule has 28 heavy (non-hydrogen) atoms. The lowest BCUT2D eigenvalue weighted by Crippen LogP contribution is -2.24. The fourth-order valence-electron chi connectivity index (χ4n) is 3.37. The summed E-state index contributed by atoms with van der Waals surface area (Å²) in [7, 11) is 1.60. The molecule has 1 aromatic heterocycles. The summed E-state index contributed by atoms with van der Waals surface area (Å²) in [6, 6.07) is 12.6. The average molecular weight is 417 g/mol. The van der Waals surface area contributed by atoms with Crippen molar-refractivity contribution in [1.29, 1.82) is 0 Å². The second-order valence-corrected chi connectivity index (χ2v) is 8.09. The minimum atomic E-state index is -0.141. The van der Waals surface area contributed by atoms with E-state index in [1.807, 2.05) is 24.3 Å². The third-order valence-corrected chi connectivity index (χ3v) is 6.10. The number of thioether (sulfide) groups is 1. The molecule has 1 aliphatic heterocycles. The summed E-state index contributed by atoms with van der Waals surface area (Å²) >= 11 is 7.66. The molecule has 0 saturated carbocycles. The number of fused-ring (bicyclic) bond motifs is 1. The molecule has 0 unspecified atom stereocenters. The van der Waals surface area contributed by atoms with Gasteiger partial charge in [-0.1, -0.05) is 35.5 Å². The summed E-state index contributed by atoms with van der Waals surface area (Å²) in [6.45, 7) is 0.797. The highest BCUT2D eigenvalue weighted by molar-refractivity contribution is 7.99. The lowest BCUT2D eigenvalue weighted by Gasteiger charge is -2.22. The van der Waals surface area contributed by atoms with Crippen LogP contribution in [0.5, 0.6) is 5.75 Å². The molecule has 0 aliphatic carbocycles. The third kappa shape index (κ3) is 3.90. The van der Waals surface area contributed by atoms with Crippen molar-refractivity contribution in [3.63, 3.8) is 0 Å². The highest BCUT2D eigenvalue weighted by Crippen LogP contribution is 2.29. The molecule has 0 spiro atoms. The predicted octanol–water partition coefficient (Wildman–Crippen LogP) is 4.71. The fourth-order valence-corrected chi connectivity index (χ4v) is 4.61. The molecule has 1 aliphatic rings. The molecule has 1 fully saturated rings. The Kier molecular flexibility index (Phi) is 5.90. The molecule has 5 nitrogen and oxygen atoms in total. The molecule has 7 heteroatoms. The van der Waals surface area contributed by atoms with E-state index < -0.39 is 0 Å². The first-order chi connectivity index (χ1) is 13.7. The van der Waals surface area contributed by atoms with Gasteiger partial charge in [-0.05, 0) is 49.6 Å². The van der Waals surface area contributed by atoms with Crippen LogP contribution < -0.4 is 10.3 Å². The number of nitrogens with zero attached hydrogens (tertiary/aromatic N) is 2. The number of benzene rings is 2. The average Bonchev–Trinajstić information content (AvgIpc) is 2.73. The number of halogens is 1. The van der Waals surface area contributed by atoms with E-state index in [0.29, 0.717) is 32.5 Å². The first-order valence-electron chi connectivity index (χ1n) is 9.27. The van der Waals surface area contributed by atoms with Crippen molar-refractivity contribution in [2.45, 2.75) is 30.5 Å². The summed E-state index contributed by atoms with van der Waals surface area (Å²) in [5.41, 5.74) is 1.13. The highest BCUT2D eigenvalue weighted by atomic mass is 35.5. The van der Waals surface area contributed by atoms with Crippen LogP contribution in [0.1, 0.15) is 19.3 Å². The van der Waals surface area contributed by atoms with Crippen molar-refractivity contribution < 1.29 is 9.47 Å². The van der Waals surface area contributed by atoms with Crippen molar-refractivity contribution in [1.82, 2.24) is 9.55 Å². The molecular weight excluding hydrogens is 396 g/mol. The zero-order chi connectivity index (χ0) is 19.5. The van der Waals surface area contributed by atoms with Crippen molar-refractivity contribution >= 4 is 34.3 Å². The number of para-hydroxylation sites is 2. The second kappa shape index (κ2) is 8.55. The van der Waals surface area contributed by atoms with Crippen LogP contribution in [0.2, 0.25) is 5.02 Å². The Morgan fingerprint density at radius 2 is 2.14 bits per heavy atom. The van der Waals surface area contributed by atoms with Gasteiger partial charge in [-0.25, -0.2) is 4.98 Å². The minimum Gasteiger partial charge on any atom is -0.495 e. The molecule has 0 radical (unpaired) electrons. The van der Waals surface area contributed by atoms with Crippen LogP contribution in [0.3, 0.4) is 0 Å². The molecule has 2 heterocycles. The standard InChI is InChI=1S/C21H21ClN2O3S/c1-26-19-8-3-2-7-18(19)24-20(25)16-10-9-14(22)12-17(16)23-21(24)28-13-15-6-4-5-11-27-15/h2-3,7-10,12,15H,4-6,11,13H2,1H3/t15-/m0/s1. The third-order valence-electron chi connectivity index (χ3n) is 4.80. The maximum atomic E-state index is 13.4. The smallest absolute Gasteiger partial charge is 0.266 e. The van der Waals surface area contributed by atoms with Gasteiger partial charge in [0.25, 0.3) is 5.56 Å². The number of methoxy groups -OCH3 is 1.